The summed E-state index contributed by atoms with van der Waals surface area (Å²) >= 11 is 0. The molecule has 5 nitrogen and oxygen atoms in total. The molecule has 0 aromatic carbocycles. The molecule has 2 aliphatic rings. The Morgan fingerprint density at radius 3 is 3.10 bits per heavy atom. The molecule has 2 saturated heterocycles. The van der Waals surface area contributed by atoms with E-state index >= 15 is 0 Å². The second-order valence-electron chi connectivity index (χ2n) is 5.73. The number of fused-ring (bicyclic) bond motifs is 1. The molecule has 114 valence electrons. The lowest BCUT2D eigenvalue weighted by atomic mass is 9.98. The summed E-state index contributed by atoms with van der Waals surface area (Å²) in [5.41, 5.74) is 0.844. The van der Waals surface area contributed by atoms with Crippen molar-refractivity contribution < 1.29 is 9.53 Å². The molecule has 0 radical (unpaired) electrons. The highest BCUT2D eigenvalue weighted by Gasteiger charge is 2.37. The van der Waals surface area contributed by atoms with Crippen molar-refractivity contribution in [3.8, 4) is 0 Å². The van der Waals surface area contributed by atoms with Crippen LogP contribution in [0.3, 0.4) is 0 Å². The number of piperidine rings is 1. The molecular weight excluding hydrogens is 266 g/mol. The number of morpholine rings is 1. The maximum atomic E-state index is 12.5. The van der Waals surface area contributed by atoms with Crippen molar-refractivity contribution in [3.63, 3.8) is 0 Å². The van der Waals surface area contributed by atoms with Crippen LogP contribution >= 0.6 is 0 Å². The summed E-state index contributed by atoms with van der Waals surface area (Å²) in [5, 5.41) is 0. The fraction of sp³-hybridized carbons (Fsp3) is 0.625. The number of ether oxygens (including phenoxy) is 1. The average molecular weight is 289 g/mol. The lowest BCUT2D eigenvalue weighted by Gasteiger charge is -2.46. The lowest BCUT2D eigenvalue weighted by Crippen LogP contribution is -2.60. The molecule has 0 spiro atoms. The predicted molar refractivity (Wildman–Crippen MR) is 79.9 cm³/mol. The second-order valence-corrected chi connectivity index (χ2v) is 5.73. The Morgan fingerprint density at radius 1 is 1.43 bits per heavy atom. The van der Waals surface area contributed by atoms with Crippen LogP contribution in [0.25, 0.3) is 0 Å². The first-order valence-corrected chi connectivity index (χ1v) is 7.81. The van der Waals surface area contributed by atoms with Gasteiger partial charge in [-0.25, -0.2) is 0 Å². The minimum absolute atomic E-state index is 0.175. The van der Waals surface area contributed by atoms with Crippen molar-refractivity contribution in [2.24, 2.45) is 0 Å². The molecule has 0 saturated carbocycles. The molecule has 2 fully saturated rings. The van der Waals surface area contributed by atoms with Gasteiger partial charge in [0.1, 0.15) is 0 Å². The van der Waals surface area contributed by atoms with Crippen LogP contribution in [-0.2, 0) is 16.0 Å². The van der Waals surface area contributed by atoms with E-state index in [1.807, 2.05) is 23.1 Å². The van der Waals surface area contributed by atoms with Gasteiger partial charge in [0.25, 0.3) is 0 Å². The smallest absolute Gasteiger partial charge is 0.228 e. The van der Waals surface area contributed by atoms with Crippen molar-refractivity contribution in [3.05, 3.63) is 30.1 Å². The number of aromatic nitrogens is 1. The SMILES string of the molecule is CCN1CCO[C@H]2CCN(C(=O)Cc3ccccn3)C[C@@H]21. The van der Waals surface area contributed by atoms with Gasteiger partial charge in [-0.05, 0) is 25.1 Å². The molecule has 1 amide bonds. The Morgan fingerprint density at radius 2 is 2.33 bits per heavy atom. The number of pyridine rings is 1. The van der Waals surface area contributed by atoms with Gasteiger partial charge in [0, 0.05) is 31.5 Å². The van der Waals surface area contributed by atoms with Crippen LogP contribution in [0.15, 0.2) is 24.4 Å². The number of amides is 1. The Kier molecular flexibility index (Phi) is 4.51. The van der Waals surface area contributed by atoms with Gasteiger partial charge in [-0.15, -0.1) is 0 Å². The Labute approximate surface area is 125 Å². The van der Waals surface area contributed by atoms with E-state index in [9.17, 15) is 4.79 Å². The molecule has 5 heteroatoms. The Hall–Kier alpha value is -1.46. The van der Waals surface area contributed by atoms with E-state index in [0.29, 0.717) is 12.5 Å². The van der Waals surface area contributed by atoms with Crippen LogP contribution in [-0.4, -0.2) is 65.6 Å². The summed E-state index contributed by atoms with van der Waals surface area (Å²) in [6.07, 6.45) is 3.36. The molecule has 3 rings (SSSR count). The number of likely N-dealkylation sites (N-methyl/N-ethyl adjacent to an activating group) is 1. The summed E-state index contributed by atoms with van der Waals surface area (Å²) in [6, 6.07) is 6.06. The summed E-state index contributed by atoms with van der Waals surface area (Å²) < 4.78 is 5.87. The molecule has 3 heterocycles. The van der Waals surface area contributed by atoms with E-state index < -0.39 is 0 Å². The molecular formula is C16H23N3O2. The zero-order valence-electron chi connectivity index (χ0n) is 12.6. The zero-order chi connectivity index (χ0) is 14.7. The first-order valence-electron chi connectivity index (χ1n) is 7.81. The minimum atomic E-state index is 0.175. The summed E-state index contributed by atoms with van der Waals surface area (Å²) in [4.78, 5) is 21.1. The normalized spacial score (nSPS) is 26.4. The maximum Gasteiger partial charge on any atom is 0.228 e. The van der Waals surface area contributed by atoms with E-state index in [2.05, 4.69) is 16.8 Å². The van der Waals surface area contributed by atoms with Crippen LogP contribution in [0.2, 0.25) is 0 Å². The highest BCUT2D eigenvalue weighted by Crippen LogP contribution is 2.23. The standard InChI is InChI=1S/C16H23N3O2/c1-2-18-9-10-21-15-6-8-19(12-14(15)18)16(20)11-13-5-3-4-7-17-13/h3-5,7,14-15H,2,6,8-12H2,1H3/t14-,15-/m0/s1. The molecule has 21 heavy (non-hydrogen) atoms. The Balaban J connectivity index is 1.63. The number of likely N-dealkylation sites (tertiary alicyclic amines) is 1. The zero-order valence-corrected chi connectivity index (χ0v) is 12.6. The fourth-order valence-corrected chi connectivity index (χ4v) is 3.33. The van der Waals surface area contributed by atoms with Gasteiger partial charge in [0.2, 0.25) is 5.91 Å². The van der Waals surface area contributed by atoms with E-state index in [0.717, 1.165) is 44.9 Å². The number of hydrogen-bond acceptors (Lipinski definition) is 4. The van der Waals surface area contributed by atoms with Gasteiger partial charge in [-0.2, -0.15) is 0 Å². The van der Waals surface area contributed by atoms with Gasteiger partial charge in [-0.3, -0.25) is 14.7 Å². The third kappa shape index (κ3) is 3.24. The van der Waals surface area contributed by atoms with Crippen LogP contribution in [0.4, 0.5) is 0 Å². The first-order chi connectivity index (χ1) is 10.3. The molecule has 1 aromatic heterocycles. The summed E-state index contributed by atoms with van der Waals surface area (Å²) in [7, 11) is 0. The van der Waals surface area contributed by atoms with Crippen molar-refractivity contribution in [2.45, 2.75) is 31.9 Å². The van der Waals surface area contributed by atoms with Crippen LogP contribution in [0.1, 0.15) is 19.0 Å². The van der Waals surface area contributed by atoms with Crippen LogP contribution in [0, 0.1) is 0 Å². The third-order valence-electron chi connectivity index (χ3n) is 4.52. The first kappa shape index (κ1) is 14.5. The van der Waals surface area contributed by atoms with E-state index in [1.165, 1.54) is 0 Å². The quantitative estimate of drug-likeness (QED) is 0.831. The lowest BCUT2D eigenvalue weighted by molar-refractivity contribution is -0.142. The predicted octanol–water partition coefficient (Wildman–Crippen LogP) is 0.946. The van der Waals surface area contributed by atoms with Crippen LogP contribution in [0.5, 0.6) is 0 Å². The van der Waals surface area contributed by atoms with Gasteiger partial charge < -0.3 is 9.64 Å². The molecule has 0 unspecified atom stereocenters. The Bertz CT molecular complexity index is 474. The molecule has 2 atom stereocenters. The highest BCUT2D eigenvalue weighted by molar-refractivity contribution is 5.78. The van der Waals surface area contributed by atoms with Gasteiger partial charge in [0.15, 0.2) is 0 Å². The number of hydrogen-bond donors (Lipinski definition) is 0. The molecule has 2 aliphatic heterocycles. The second kappa shape index (κ2) is 6.54. The average Bonchev–Trinajstić information content (AvgIpc) is 2.54. The van der Waals surface area contributed by atoms with Gasteiger partial charge >= 0.3 is 0 Å². The maximum absolute atomic E-state index is 12.5. The topological polar surface area (TPSA) is 45.7 Å². The van der Waals surface area contributed by atoms with Crippen molar-refractivity contribution in [2.75, 3.05) is 32.8 Å². The number of carbonyl (C=O) groups is 1. The highest BCUT2D eigenvalue weighted by atomic mass is 16.5. The molecule has 0 bridgehead atoms. The van der Waals surface area contributed by atoms with Crippen LogP contribution < -0.4 is 0 Å². The third-order valence-corrected chi connectivity index (χ3v) is 4.52. The van der Waals surface area contributed by atoms with Crippen molar-refractivity contribution in [1.29, 1.82) is 0 Å². The number of carbonyl (C=O) groups excluding carboxylic acids is 1. The van der Waals surface area contributed by atoms with Gasteiger partial charge in [0.05, 0.1) is 25.2 Å². The van der Waals surface area contributed by atoms with Crippen molar-refractivity contribution >= 4 is 5.91 Å². The van der Waals surface area contributed by atoms with E-state index in [-0.39, 0.29) is 12.0 Å². The van der Waals surface area contributed by atoms with Gasteiger partial charge in [-0.1, -0.05) is 13.0 Å². The molecule has 0 N–H and O–H groups in total. The minimum Gasteiger partial charge on any atom is -0.375 e. The molecule has 0 aliphatic carbocycles. The summed E-state index contributed by atoms with van der Waals surface area (Å²) in [5.74, 6) is 0.175. The summed E-state index contributed by atoms with van der Waals surface area (Å²) in [6.45, 7) is 6.56. The molecule has 1 aromatic rings. The van der Waals surface area contributed by atoms with E-state index in [4.69, 9.17) is 4.74 Å². The number of rotatable bonds is 3. The van der Waals surface area contributed by atoms with E-state index in [1.54, 1.807) is 6.20 Å². The largest absolute Gasteiger partial charge is 0.375 e. The monoisotopic (exact) mass is 289 g/mol. The van der Waals surface area contributed by atoms with Crippen molar-refractivity contribution in [1.82, 2.24) is 14.8 Å². The number of nitrogens with zero attached hydrogens (tertiary/aromatic N) is 3. The fourth-order valence-electron chi connectivity index (χ4n) is 3.33.